The van der Waals surface area contributed by atoms with Crippen molar-refractivity contribution in [1.82, 2.24) is 23.7 Å². The molecule has 0 amide bonds. The van der Waals surface area contributed by atoms with Crippen LogP contribution in [0.15, 0.2) is 152 Å². The third-order valence-corrected chi connectivity index (χ3v) is 9.12. The summed E-state index contributed by atoms with van der Waals surface area (Å²) in [6, 6.07) is 49.9. The van der Waals surface area contributed by atoms with Gasteiger partial charge in [-0.1, -0.05) is 78.9 Å². The van der Waals surface area contributed by atoms with Gasteiger partial charge in [0.05, 0.1) is 27.6 Å². The predicted molar refractivity (Wildman–Crippen MR) is 185 cm³/mol. The number of rotatable bonds is 3. The first-order valence-electron chi connectivity index (χ1n) is 15.2. The Morgan fingerprint density at radius 2 is 0.844 bits per heavy atom. The minimum atomic E-state index is 0.855. The molecule has 0 fully saturated rings. The summed E-state index contributed by atoms with van der Waals surface area (Å²) < 4.78 is 7.02. The maximum absolute atomic E-state index is 4.77. The van der Waals surface area contributed by atoms with Gasteiger partial charge in [0.15, 0.2) is 5.65 Å². The van der Waals surface area contributed by atoms with Crippen molar-refractivity contribution in [3.8, 4) is 17.1 Å². The van der Waals surface area contributed by atoms with Crippen molar-refractivity contribution in [2.75, 3.05) is 0 Å². The molecule has 4 aromatic heterocycles. The highest BCUT2D eigenvalue weighted by Gasteiger charge is 2.21. The van der Waals surface area contributed by atoms with E-state index in [0.717, 1.165) is 39.1 Å². The first kappa shape index (κ1) is 24.3. The van der Waals surface area contributed by atoms with Crippen LogP contribution in [0.5, 0.6) is 0 Å². The molecule has 0 aliphatic heterocycles. The number of hydrogen-bond acceptors (Lipinski definition) is 2. The van der Waals surface area contributed by atoms with Gasteiger partial charge < -0.3 is 9.13 Å². The Kier molecular flexibility index (Phi) is 4.93. The molecule has 45 heavy (non-hydrogen) atoms. The fourth-order valence-corrected chi connectivity index (χ4v) is 7.35. The second-order valence-electron chi connectivity index (χ2n) is 11.5. The highest BCUT2D eigenvalue weighted by atomic mass is 15.1. The van der Waals surface area contributed by atoms with Crippen LogP contribution in [0, 0.1) is 0 Å². The van der Waals surface area contributed by atoms with E-state index in [2.05, 4.69) is 153 Å². The third kappa shape index (κ3) is 3.32. The molecule has 0 saturated carbocycles. The van der Waals surface area contributed by atoms with Gasteiger partial charge in [-0.3, -0.25) is 9.55 Å². The van der Waals surface area contributed by atoms with Crippen LogP contribution in [-0.2, 0) is 0 Å². The van der Waals surface area contributed by atoms with Crippen LogP contribution in [-0.4, -0.2) is 23.7 Å². The average Bonchev–Trinajstić information content (AvgIpc) is 3.74. The van der Waals surface area contributed by atoms with Crippen molar-refractivity contribution < 1.29 is 0 Å². The van der Waals surface area contributed by atoms with Crippen LogP contribution in [0.1, 0.15) is 0 Å². The average molecular weight is 576 g/mol. The van der Waals surface area contributed by atoms with Gasteiger partial charge in [0.2, 0.25) is 0 Å². The van der Waals surface area contributed by atoms with E-state index >= 15 is 0 Å². The van der Waals surface area contributed by atoms with Crippen LogP contribution in [0.3, 0.4) is 0 Å². The van der Waals surface area contributed by atoms with Gasteiger partial charge in [-0.15, -0.1) is 0 Å². The van der Waals surface area contributed by atoms with E-state index in [1.165, 1.54) is 43.6 Å². The second-order valence-corrected chi connectivity index (χ2v) is 11.5. The second kappa shape index (κ2) is 9.15. The maximum atomic E-state index is 4.77. The van der Waals surface area contributed by atoms with Crippen LogP contribution >= 0.6 is 0 Å². The molecule has 0 saturated heterocycles. The van der Waals surface area contributed by atoms with E-state index in [9.17, 15) is 0 Å². The summed E-state index contributed by atoms with van der Waals surface area (Å²) in [6.07, 6.45) is 3.54. The molecular weight excluding hydrogens is 550 g/mol. The van der Waals surface area contributed by atoms with Crippen molar-refractivity contribution in [3.05, 3.63) is 152 Å². The first-order chi connectivity index (χ1) is 22.4. The normalized spacial score (nSPS) is 12.0. The molecule has 5 heteroatoms. The van der Waals surface area contributed by atoms with Crippen molar-refractivity contribution in [2.24, 2.45) is 0 Å². The van der Waals surface area contributed by atoms with Crippen molar-refractivity contribution in [3.63, 3.8) is 0 Å². The highest BCUT2D eigenvalue weighted by molar-refractivity contribution is 6.28. The topological polar surface area (TPSA) is 40.6 Å². The van der Waals surface area contributed by atoms with Crippen LogP contribution in [0.4, 0.5) is 0 Å². The number of nitrogens with zero attached hydrogens (tertiary/aromatic N) is 5. The minimum absolute atomic E-state index is 0.855. The number of aromatic nitrogens is 5. The maximum Gasteiger partial charge on any atom is 0.164 e. The summed E-state index contributed by atoms with van der Waals surface area (Å²) >= 11 is 0. The monoisotopic (exact) mass is 575 g/mol. The van der Waals surface area contributed by atoms with Gasteiger partial charge >= 0.3 is 0 Å². The molecule has 0 unspecified atom stereocenters. The first-order valence-corrected chi connectivity index (χ1v) is 15.2. The minimum Gasteiger partial charge on any atom is -0.309 e. The lowest BCUT2D eigenvalue weighted by molar-refractivity contribution is 1.10. The summed E-state index contributed by atoms with van der Waals surface area (Å²) in [4.78, 5) is 9.47. The Morgan fingerprint density at radius 1 is 0.356 bits per heavy atom. The molecule has 10 rings (SSSR count). The Balaban J connectivity index is 1.30. The quantitative estimate of drug-likeness (QED) is 0.210. The van der Waals surface area contributed by atoms with E-state index in [1.807, 2.05) is 0 Å². The molecule has 0 N–H and O–H groups in total. The van der Waals surface area contributed by atoms with Gasteiger partial charge in [-0.2, -0.15) is 0 Å². The Labute approximate surface area is 257 Å². The zero-order valence-corrected chi connectivity index (χ0v) is 24.2. The number of fused-ring (bicyclic) bond motifs is 10. The number of hydrogen-bond donors (Lipinski definition) is 0. The third-order valence-electron chi connectivity index (χ3n) is 9.12. The summed E-state index contributed by atoms with van der Waals surface area (Å²) in [6.45, 7) is 0. The van der Waals surface area contributed by atoms with Gasteiger partial charge in [-0.25, -0.2) is 4.98 Å². The number of para-hydroxylation sites is 4. The van der Waals surface area contributed by atoms with E-state index in [4.69, 9.17) is 9.97 Å². The summed E-state index contributed by atoms with van der Waals surface area (Å²) in [5.74, 6) is 0. The van der Waals surface area contributed by atoms with E-state index in [0.29, 0.717) is 0 Å². The largest absolute Gasteiger partial charge is 0.309 e. The van der Waals surface area contributed by atoms with E-state index < -0.39 is 0 Å². The molecule has 6 aromatic carbocycles. The standard InChI is InChI=1S/C40H25N5/c1-2-11-26(12-3-1)43-32-18-7-4-15-29(32)37-35(43)21-22-36-38(37)30-16-5-8-19-33(30)44(36)27-13-10-14-28(25-27)45-34-20-9-6-17-31(34)39-40(45)42-24-23-41-39/h1-25H. The zero-order chi connectivity index (χ0) is 29.5. The summed E-state index contributed by atoms with van der Waals surface area (Å²) in [5.41, 5.74) is 10.9. The zero-order valence-electron chi connectivity index (χ0n) is 24.2. The fraction of sp³-hybridized carbons (Fsp3) is 0. The molecule has 0 atom stereocenters. The van der Waals surface area contributed by atoms with Crippen LogP contribution in [0.25, 0.3) is 82.7 Å². The van der Waals surface area contributed by atoms with Crippen molar-refractivity contribution in [2.45, 2.75) is 0 Å². The Hall–Kier alpha value is -6.20. The lowest BCUT2D eigenvalue weighted by Gasteiger charge is -2.12. The molecule has 0 bridgehead atoms. The van der Waals surface area contributed by atoms with E-state index in [-0.39, 0.29) is 0 Å². The predicted octanol–water partition coefficient (Wildman–Crippen LogP) is 9.77. The lowest BCUT2D eigenvalue weighted by atomic mass is 10.1. The van der Waals surface area contributed by atoms with Gasteiger partial charge in [0.25, 0.3) is 0 Å². The Bertz CT molecular complexity index is 2710. The summed E-state index contributed by atoms with van der Waals surface area (Å²) in [5, 5.41) is 6.13. The molecule has 4 heterocycles. The SMILES string of the molecule is c1ccc(-n2c3ccccc3c3c4c5ccccc5n(-c5cccc(-n6c7ccccc7c7nccnc76)c5)c4ccc32)cc1. The van der Waals surface area contributed by atoms with Crippen LogP contribution in [0.2, 0.25) is 0 Å². The molecule has 0 spiro atoms. The van der Waals surface area contributed by atoms with Crippen LogP contribution < -0.4 is 0 Å². The summed E-state index contributed by atoms with van der Waals surface area (Å²) in [7, 11) is 0. The number of benzene rings is 6. The van der Waals surface area contributed by atoms with Gasteiger partial charge in [0, 0.05) is 56.4 Å². The van der Waals surface area contributed by atoms with Gasteiger partial charge in [-0.05, 0) is 60.7 Å². The molecular formula is C40H25N5. The Morgan fingerprint density at radius 3 is 1.51 bits per heavy atom. The lowest BCUT2D eigenvalue weighted by Crippen LogP contribution is -1.99. The molecule has 5 nitrogen and oxygen atoms in total. The van der Waals surface area contributed by atoms with Crippen molar-refractivity contribution >= 4 is 65.7 Å². The highest BCUT2D eigenvalue weighted by Crippen LogP contribution is 2.42. The van der Waals surface area contributed by atoms with Gasteiger partial charge in [0.1, 0.15) is 5.52 Å². The molecule has 10 aromatic rings. The molecule has 0 radical (unpaired) electrons. The van der Waals surface area contributed by atoms with E-state index in [1.54, 1.807) is 12.4 Å². The fourth-order valence-electron chi connectivity index (χ4n) is 7.35. The molecule has 0 aliphatic rings. The van der Waals surface area contributed by atoms with Crippen molar-refractivity contribution in [1.29, 1.82) is 0 Å². The molecule has 0 aliphatic carbocycles. The smallest absolute Gasteiger partial charge is 0.164 e. The molecule has 210 valence electrons.